The van der Waals surface area contributed by atoms with Crippen molar-refractivity contribution in [3.05, 3.63) is 36.0 Å². The van der Waals surface area contributed by atoms with Gasteiger partial charge in [0, 0.05) is 55.9 Å². The Morgan fingerprint density at radius 1 is 1.35 bits per heavy atom. The number of amides is 1. The Balaban J connectivity index is 1.58. The normalized spacial score (nSPS) is 17.3. The molecular weight excluding hydrogens is 294 g/mol. The van der Waals surface area contributed by atoms with Gasteiger partial charge in [0.2, 0.25) is 0 Å². The molecule has 6 nitrogen and oxygen atoms in total. The minimum Gasteiger partial charge on any atom is -0.390 e. The molecule has 2 heterocycles. The Morgan fingerprint density at radius 2 is 2.13 bits per heavy atom. The number of carbonyl (C=O) groups is 1. The molecule has 1 aliphatic rings. The number of morpholine rings is 1. The molecule has 1 fully saturated rings. The van der Waals surface area contributed by atoms with E-state index in [1.54, 1.807) is 0 Å². The number of aliphatic hydroxyl groups excluding tert-OH is 1. The zero-order chi connectivity index (χ0) is 16.2. The van der Waals surface area contributed by atoms with Gasteiger partial charge in [0.1, 0.15) is 0 Å². The third-order valence-corrected chi connectivity index (χ3v) is 4.24. The number of hydrogen-bond donors (Lipinski definition) is 2. The molecule has 1 aliphatic heterocycles. The summed E-state index contributed by atoms with van der Waals surface area (Å²) in [5.41, 5.74) is 1.66. The zero-order valence-corrected chi connectivity index (χ0v) is 13.4. The second-order valence-electron chi connectivity index (χ2n) is 5.94. The molecule has 1 atom stereocenters. The highest BCUT2D eigenvalue weighted by molar-refractivity contribution is 6.06. The summed E-state index contributed by atoms with van der Waals surface area (Å²) in [4.78, 5) is 14.6. The van der Waals surface area contributed by atoms with E-state index in [4.69, 9.17) is 4.74 Å². The molecule has 0 saturated carbocycles. The third kappa shape index (κ3) is 3.72. The number of ether oxygens (including phenoxy) is 1. The summed E-state index contributed by atoms with van der Waals surface area (Å²) >= 11 is 0. The first-order valence-electron chi connectivity index (χ1n) is 7.95. The summed E-state index contributed by atoms with van der Waals surface area (Å²) in [5.74, 6) is -0.150. The molecule has 3 rings (SSSR count). The van der Waals surface area contributed by atoms with Crippen LogP contribution in [0, 0.1) is 0 Å². The van der Waals surface area contributed by atoms with Gasteiger partial charge >= 0.3 is 0 Å². The average molecular weight is 317 g/mol. The van der Waals surface area contributed by atoms with Crippen molar-refractivity contribution in [3.8, 4) is 0 Å². The lowest BCUT2D eigenvalue weighted by atomic mass is 10.1. The number of carbonyl (C=O) groups excluding carboxylic acids is 1. The fraction of sp³-hybridized carbons (Fsp3) is 0.471. The number of fused-ring (bicyclic) bond motifs is 1. The van der Waals surface area contributed by atoms with E-state index in [9.17, 15) is 9.90 Å². The Kier molecular flexibility index (Phi) is 4.95. The minimum absolute atomic E-state index is 0.150. The Morgan fingerprint density at radius 3 is 2.91 bits per heavy atom. The maximum Gasteiger partial charge on any atom is 0.252 e. The number of benzene rings is 1. The van der Waals surface area contributed by atoms with Gasteiger partial charge in [0.05, 0.1) is 19.3 Å². The fourth-order valence-electron chi connectivity index (χ4n) is 2.95. The van der Waals surface area contributed by atoms with Crippen LogP contribution in [0.5, 0.6) is 0 Å². The van der Waals surface area contributed by atoms with Crippen LogP contribution in [0.4, 0.5) is 0 Å². The fourth-order valence-corrected chi connectivity index (χ4v) is 2.95. The number of aryl methyl sites for hydroxylation is 1. The molecule has 2 N–H and O–H groups in total. The van der Waals surface area contributed by atoms with Gasteiger partial charge in [-0.15, -0.1) is 0 Å². The lowest BCUT2D eigenvalue weighted by molar-refractivity contribution is 0.0149. The summed E-state index contributed by atoms with van der Waals surface area (Å²) in [6.07, 6.45) is 1.36. The maximum absolute atomic E-state index is 12.4. The third-order valence-electron chi connectivity index (χ3n) is 4.24. The number of hydrogen-bond acceptors (Lipinski definition) is 4. The lowest BCUT2D eigenvalue weighted by Gasteiger charge is -2.28. The average Bonchev–Trinajstić information content (AvgIpc) is 2.95. The van der Waals surface area contributed by atoms with E-state index in [-0.39, 0.29) is 12.5 Å². The van der Waals surface area contributed by atoms with Crippen molar-refractivity contribution in [2.45, 2.75) is 6.10 Å². The van der Waals surface area contributed by atoms with Crippen molar-refractivity contribution in [1.82, 2.24) is 14.8 Å². The standard InChI is InChI=1S/C17H23N3O3/c1-19-6-5-14-15(3-2-4-16(14)19)17(22)18-11-13(21)12-20-7-9-23-10-8-20/h2-6,13,21H,7-12H2,1H3,(H,18,22). The van der Waals surface area contributed by atoms with Crippen molar-refractivity contribution in [1.29, 1.82) is 0 Å². The zero-order valence-electron chi connectivity index (χ0n) is 13.4. The molecule has 0 aliphatic carbocycles. The Bertz CT molecular complexity index is 677. The number of nitrogens with zero attached hydrogens (tertiary/aromatic N) is 2. The minimum atomic E-state index is -0.577. The first-order valence-corrected chi connectivity index (χ1v) is 7.95. The van der Waals surface area contributed by atoms with Crippen molar-refractivity contribution in [2.75, 3.05) is 39.4 Å². The van der Waals surface area contributed by atoms with E-state index in [2.05, 4.69) is 10.2 Å². The number of nitrogens with one attached hydrogen (secondary N) is 1. The van der Waals surface area contributed by atoms with Crippen LogP contribution in [-0.2, 0) is 11.8 Å². The molecule has 23 heavy (non-hydrogen) atoms. The molecule has 0 spiro atoms. The quantitative estimate of drug-likeness (QED) is 0.847. The number of aliphatic hydroxyl groups is 1. The van der Waals surface area contributed by atoms with E-state index in [0.717, 1.165) is 24.0 Å². The highest BCUT2D eigenvalue weighted by Crippen LogP contribution is 2.19. The van der Waals surface area contributed by atoms with Gasteiger partial charge in [-0.3, -0.25) is 9.69 Å². The predicted octanol–water partition coefficient (Wildman–Crippen LogP) is 0.601. The van der Waals surface area contributed by atoms with Crippen molar-refractivity contribution in [2.24, 2.45) is 7.05 Å². The first-order chi connectivity index (χ1) is 11.1. The van der Waals surface area contributed by atoms with Gasteiger partial charge in [-0.2, -0.15) is 0 Å². The summed E-state index contributed by atoms with van der Waals surface area (Å²) in [5, 5.41) is 13.9. The van der Waals surface area contributed by atoms with E-state index in [1.807, 2.05) is 42.1 Å². The molecule has 1 amide bonds. The maximum atomic E-state index is 12.4. The van der Waals surface area contributed by atoms with E-state index in [0.29, 0.717) is 25.3 Å². The van der Waals surface area contributed by atoms with Gasteiger partial charge in [0.15, 0.2) is 0 Å². The highest BCUT2D eigenvalue weighted by Gasteiger charge is 2.17. The van der Waals surface area contributed by atoms with E-state index in [1.165, 1.54) is 0 Å². The first kappa shape index (κ1) is 16.0. The lowest BCUT2D eigenvalue weighted by Crippen LogP contribution is -2.44. The molecule has 0 bridgehead atoms. The number of rotatable bonds is 5. The monoisotopic (exact) mass is 317 g/mol. The van der Waals surface area contributed by atoms with Crippen molar-refractivity contribution in [3.63, 3.8) is 0 Å². The second-order valence-corrected chi connectivity index (χ2v) is 5.94. The summed E-state index contributed by atoms with van der Waals surface area (Å²) in [6, 6.07) is 7.61. The molecule has 0 radical (unpaired) electrons. The summed E-state index contributed by atoms with van der Waals surface area (Å²) in [7, 11) is 1.95. The van der Waals surface area contributed by atoms with Crippen LogP contribution in [0.15, 0.2) is 30.5 Å². The van der Waals surface area contributed by atoms with Gasteiger partial charge in [-0.1, -0.05) is 6.07 Å². The van der Waals surface area contributed by atoms with Gasteiger partial charge < -0.3 is 19.7 Å². The molecule has 1 saturated heterocycles. The number of β-amino-alcohol motifs (C(OH)–C–C–N with tert-alkyl or cyclic N) is 1. The second kappa shape index (κ2) is 7.12. The van der Waals surface area contributed by atoms with Gasteiger partial charge in [-0.05, 0) is 18.2 Å². The largest absolute Gasteiger partial charge is 0.390 e. The van der Waals surface area contributed by atoms with E-state index >= 15 is 0 Å². The molecular formula is C17H23N3O3. The number of aromatic nitrogens is 1. The van der Waals surface area contributed by atoms with Crippen molar-refractivity contribution >= 4 is 16.8 Å². The van der Waals surface area contributed by atoms with Crippen LogP contribution in [0.25, 0.3) is 10.9 Å². The molecule has 2 aromatic rings. The van der Waals surface area contributed by atoms with Crippen LogP contribution in [0.3, 0.4) is 0 Å². The predicted molar refractivity (Wildman–Crippen MR) is 88.5 cm³/mol. The van der Waals surface area contributed by atoms with Crippen LogP contribution in [0.1, 0.15) is 10.4 Å². The topological polar surface area (TPSA) is 66.7 Å². The SMILES string of the molecule is Cn1ccc2c(C(=O)NCC(O)CN3CCOCC3)cccc21. The summed E-state index contributed by atoms with van der Waals surface area (Å²) < 4.78 is 7.27. The smallest absolute Gasteiger partial charge is 0.252 e. The van der Waals surface area contributed by atoms with Crippen LogP contribution in [-0.4, -0.2) is 66.0 Å². The highest BCUT2D eigenvalue weighted by atomic mass is 16.5. The van der Waals surface area contributed by atoms with Crippen LogP contribution < -0.4 is 5.32 Å². The van der Waals surface area contributed by atoms with Crippen molar-refractivity contribution < 1.29 is 14.6 Å². The summed E-state index contributed by atoms with van der Waals surface area (Å²) in [6.45, 7) is 3.87. The molecule has 6 heteroatoms. The molecule has 124 valence electrons. The van der Waals surface area contributed by atoms with Gasteiger partial charge in [-0.25, -0.2) is 0 Å². The Hall–Kier alpha value is -1.89. The van der Waals surface area contributed by atoms with Crippen LogP contribution in [0.2, 0.25) is 0 Å². The Labute approximate surface area is 135 Å². The molecule has 1 unspecified atom stereocenters. The van der Waals surface area contributed by atoms with Gasteiger partial charge in [0.25, 0.3) is 5.91 Å². The van der Waals surface area contributed by atoms with E-state index < -0.39 is 6.10 Å². The molecule has 1 aromatic heterocycles. The molecule has 1 aromatic carbocycles. The van der Waals surface area contributed by atoms with Crippen LogP contribution >= 0.6 is 0 Å².